The SMILES string of the molecule is CCCCC1C(=O)OC2(CCCCCCCCCCC2)OC1=O. The first kappa shape index (κ1) is 18.3. The molecule has 1 aliphatic heterocycles. The van der Waals surface area contributed by atoms with Gasteiger partial charge in [0.25, 0.3) is 5.79 Å². The fourth-order valence-corrected chi connectivity index (χ4v) is 3.63. The highest BCUT2D eigenvalue weighted by molar-refractivity contribution is 5.96. The number of ether oxygens (including phenoxy) is 2. The summed E-state index contributed by atoms with van der Waals surface area (Å²) < 4.78 is 11.4. The lowest BCUT2D eigenvalue weighted by Gasteiger charge is -2.38. The van der Waals surface area contributed by atoms with Gasteiger partial charge in [-0.05, 0) is 19.3 Å². The summed E-state index contributed by atoms with van der Waals surface area (Å²) in [6.45, 7) is 2.05. The molecular weight excluding hydrogens is 292 g/mol. The molecule has 0 unspecified atom stereocenters. The zero-order valence-electron chi connectivity index (χ0n) is 14.6. The molecule has 1 saturated heterocycles. The van der Waals surface area contributed by atoms with E-state index < -0.39 is 11.7 Å². The van der Waals surface area contributed by atoms with E-state index in [-0.39, 0.29) is 11.9 Å². The van der Waals surface area contributed by atoms with Crippen molar-refractivity contribution < 1.29 is 19.1 Å². The van der Waals surface area contributed by atoms with Crippen LogP contribution in [0.2, 0.25) is 0 Å². The van der Waals surface area contributed by atoms with Crippen LogP contribution in [0.1, 0.15) is 96.8 Å². The van der Waals surface area contributed by atoms with Crippen LogP contribution in [0.25, 0.3) is 0 Å². The summed E-state index contributed by atoms with van der Waals surface area (Å²) in [6.07, 6.45) is 14.2. The van der Waals surface area contributed by atoms with Crippen LogP contribution in [0.5, 0.6) is 0 Å². The van der Waals surface area contributed by atoms with Crippen LogP contribution in [0.4, 0.5) is 0 Å². The van der Waals surface area contributed by atoms with Crippen LogP contribution in [0.15, 0.2) is 0 Å². The second-order valence-corrected chi connectivity index (χ2v) is 7.13. The molecule has 1 aliphatic carbocycles. The second kappa shape index (κ2) is 9.29. The third-order valence-corrected chi connectivity index (χ3v) is 5.10. The number of rotatable bonds is 3. The largest absolute Gasteiger partial charge is 0.422 e. The van der Waals surface area contributed by atoms with Gasteiger partial charge in [0.2, 0.25) is 0 Å². The first-order valence-corrected chi connectivity index (χ1v) is 9.62. The molecule has 2 rings (SSSR count). The van der Waals surface area contributed by atoms with Crippen LogP contribution >= 0.6 is 0 Å². The van der Waals surface area contributed by atoms with Gasteiger partial charge in [-0.25, -0.2) is 0 Å². The molecule has 0 radical (unpaired) electrons. The molecule has 0 aromatic rings. The molecular formula is C19H32O4. The Hall–Kier alpha value is -1.06. The predicted octanol–water partition coefficient (Wildman–Crippen LogP) is 4.89. The molecule has 1 spiro atoms. The lowest BCUT2D eigenvalue weighted by Crippen LogP contribution is -2.50. The van der Waals surface area contributed by atoms with Gasteiger partial charge in [0.15, 0.2) is 5.92 Å². The fourth-order valence-electron chi connectivity index (χ4n) is 3.63. The zero-order chi connectivity index (χ0) is 16.5. The Balaban J connectivity index is 1.98. The number of carbonyl (C=O) groups excluding carboxylic acids is 2. The highest BCUT2D eigenvalue weighted by Gasteiger charge is 2.47. The number of hydrogen-bond donors (Lipinski definition) is 0. The van der Waals surface area contributed by atoms with Gasteiger partial charge in [0.1, 0.15) is 0 Å². The lowest BCUT2D eigenvalue weighted by molar-refractivity contribution is -0.257. The van der Waals surface area contributed by atoms with Crippen LogP contribution < -0.4 is 0 Å². The highest BCUT2D eigenvalue weighted by atomic mass is 16.7. The quantitative estimate of drug-likeness (QED) is 0.547. The third-order valence-electron chi connectivity index (χ3n) is 5.10. The van der Waals surface area contributed by atoms with Gasteiger partial charge in [-0.1, -0.05) is 64.7 Å². The Bertz CT molecular complexity index is 359. The third kappa shape index (κ3) is 5.50. The minimum Gasteiger partial charge on any atom is -0.422 e. The van der Waals surface area contributed by atoms with Crippen LogP contribution in [0, 0.1) is 5.92 Å². The Morgan fingerprint density at radius 3 is 1.70 bits per heavy atom. The van der Waals surface area contributed by atoms with Crippen molar-refractivity contribution in [1.29, 1.82) is 0 Å². The molecule has 0 atom stereocenters. The molecule has 132 valence electrons. The van der Waals surface area contributed by atoms with Crippen molar-refractivity contribution in [3.8, 4) is 0 Å². The molecule has 2 fully saturated rings. The van der Waals surface area contributed by atoms with Crippen LogP contribution in [-0.4, -0.2) is 17.7 Å². The van der Waals surface area contributed by atoms with E-state index in [1.165, 1.54) is 32.1 Å². The summed E-state index contributed by atoms with van der Waals surface area (Å²) in [5.74, 6) is -2.40. The van der Waals surface area contributed by atoms with Crippen molar-refractivity contribution in [3.05, 3.63) is 0 Å². The number of unbranched alkanes of at least 4 members (excludes halogenated alkanes) is 1. The molecule has 2 aliphatic rings. The van der Waals surface area contributed by atoms with Crippen molar-refractivity contribution in [3.63, 3.8) is 0 Å². The molecule has 0 aromatic carbocycles. The van der Waals surface area contributed by atoms with E-state index in [1.807, 2.05) is 6.92 Å². The van der Waals surface area contributed by atoms with Crippen LogP contribution in [0.3, 0.4) is 0 Å². The molecule has 0 aromatic heterocycles. The van der Waals surface area contributed by atoms with E-state index in [4.69, 9.17) is 9.47 Å². The van der Waals surface area contributed by atoms with Crippen LogP contribution in [-0.2, 0) is 19.1 Å². The molecule has 4 heteroatoms. The lowest BCUT2D eigenvalue weighted by atomic mass is 9.94. The maximum Gasteiger partial charge on any atom is 0.323 e. The van der Waals surface area contributed by atoms with E-state index in [1.54, 1.807) is 0 Å². The van der Waals surface area contributed by atoms with E-state index in [9.17, 15) is 9.59 Å². The average molecular weight is 324 g/mol. The standard InChI is InChI=1S/C19H32O4/c1-2-3-13-16-17(20)22-19(23-18(16)21)14-11-9-7-5-4-6-8-10-12-15-19/h16H,2-15H2,1H3. The summed E-state index contributed by atoms with van der Waals surface area (Å²) in [4.78, 5) is 24.7. The maximum atomic E-state index is 12.3. The van der Waals surface area contributed by atoms with Gasteiger partial charge in [0, 0.05) is 12.8 Å². The smallest absolute Gasteiger partial charge is 0.323 e. The van der Waals surface area contributed by atoms with Gasteiger partial charge in [-0.2, -0.15) is 0 Å². The van der Waals surface area contributed by atoms with Gasteiger partial charge in [-0.15, -0.1) is 0 Å². The minimum absolute atomic E-state index is 0.359. The average Bonchev–Trinajstić information content (AvgIpc) is 2.50. The van der Waals surface area contributed by atoms with E-state index in [0.29, 0.717) is 19.3 Å². The predicted molar refractivity (Wildman–Crippen MR) is 88.7 cm³/mol. The molecule has 23 heavy (non-hydrogen) atoms. The summed E-state index contributed by atoms with van der Waals surface area (Å²) in [7, 11) is 0. The van der Waals surface area contributed by atoms with Crippen molar-refractivity contribution in [2.45, 2.75) is 103 Å². The topological polar surface area (TPSA) is 52.6 Å². The number of carbonyl (C=O) groups is 2. The Labute approximate surface area is 140 Å². The van der Waals surface area contributed by atoms with Gasteiger partial charge in [0.05, 0.1) is 0 Å². The second-order valence-electron chi connectivity index (χ2n) is 7.13. The van der Waals surface area contributed by atoms with Crippen molar-refractivity contribution in [2.24, 2.45) is 5.92 Å². The van der Waals surface area contributed by atoms with Gasteiger partial charge < -0.3 is 9.47 Å². The first-order chi connectivity index (χ1) is 11.2. The molecule has 0 bridgehead atoms. The highest BCUT2D eigenvalue weighted by Crippen LogP contribution is 2.35. The van der Waals surface area contributed by atoms with Crippen molar-refractivity contribution >= 4 is 11.9 Å². The molecule has 4 nitrogen and oxygen atoms in total. The molecule has 0 amide bonds. The zero-order valence-corrected chi connectivity index (χ0v) is 14.6. The Morgan fingerprint density at radius 1 is 0.826 bits per heavy atom. The number of hydrogen-bond acceptors (Lipinski definition) is 4. The van der Waals surface area contributed by atoms with Crippen molar-refractivity contribution in [2.75, 3.05) is 0 Å². The molecule has 1 saturated carbocycles. The fraction of sp³-hybridized carbons (Fsp3) is 0.895. The molecule has 0 N–H and O–H groups in total. The van der Waals surface area contributed by atoms with E-state index in [0.717, 1.165) is 38.5 Å². The van der Waals surface area contributed by atoms with Crippen molar-refractivity contribution in [1.82, 2.24) is 0 Å². The summed E-state index contributed by atoms with van der Waals surface area (Å²) in [6, 6.07) is 0. The van der Waals surface area contributed by atoms with Gasteiger partial charge >= 0.3 is 11.9 Å². The minimum atomic E-state index is -0.976. The van der Waals surface area contributed by atoms with E-state index in [2.05, 4.69) is 0 Å². The summed E-state index contributed by atoms with van der Waals surface area (Å²) in [5.41, 5.74) is 0. The Kier molecular flexibility index (Phi) is 7.38. The Morgan fingerprint density at radius 2 is 1.26 bits per heavy atom. The maximum absolute atomic E-state index is 12.3. The monoisotopic (exact) mass is 324 g/mol. The molecule has 1 heterocycles. The number of esters is 2. The normalized spacial score (nSPS) is 24.4. The van der Waals surface area contributed by atoms with Gasteiger partial charge in [-0.3, -0.25) is 9.59 Å². The first-order valence-electron chi connectivity index (χ1n) is 9.62. The summed E-state index contributed by atoms with van der Waals surface area (Å²) >= 11 is 0. The van der Waals surface area contributed by atoms with E-state index >= 15 is 0 Å². The summed E-state index contributed by atoms with van der Waals surface area (Å²) in [5, 5.41) is 0.